The molecule has 0 aliphatic carbocycles. The van der Waals surface area contributed by atoms with Crippen molar-refractivity contribution in [2.24, 2.45) is 0 Å². The highest BCUT2D eigenvalue weighted by Gasteiger charge is 2.17. The van der Waals surface area contributed by atoms with Gasteiger partial charge in [-0.2, -0.15) is 0 Å². The molecule has 1 aliphatic heterocycles. The van der Waals surface area contributed by atoms with Crippen molar-refractivity contribution in [1.29, 1.82) is 0 Å². The normalized spacial score (nSPS) is 39.8. The summed E-state index contributed by atoms with van der Waals surface area (Å²) < 4.78 is 0. The van der Waals surface area contributed by atoms with Gasteiger partial charge in [0.2, 0.25) is 0 Å². The zero-order chi connectivity index (χ0) is 5.98. The molecule has 1 rings (SSSR count). The van der Waals surface area contributed by atoms with Gasteiger partial charge in [-0.05, 0) is 12.8 Å². The average molecular weight is 153 g/mol. The van der Waals surface area contributed by atoms with E-state index < -0.39 is 0 Å². The molecule has 1 aliphatic rings. The number of hydrogen-bond donors (Lipinski definition) is 0. The molecule has 47 valence electrons. The Morgan fingerprint density at radius 3 is 2.50 bits per heavy atom. The first-order valence-corrected chi connectivity index (χ1v) is 3.61. The van der Waals surface area contributed by atoms with Gasteiger partial charge in [-0.3, -0.25) is 0 Å². The fourth-order valence-electron chi connectivity index (χ4n) is 0.758. The molecular weight excluding hydrogens is 145 g/mol. The van der Waals surface area contributed by atoms with Crippen molar-refractivity contribution in [2.45, 2.75) is 23.7 Å². The Morgan fingerprint density at radius 1 is 1.38 bits per heavy atom. The standard InChI is InChI=1S/C5H8Cl2N/c6-4-1-2-8-5(7)3-4/h4-5H,1-3H2. The molecule has 1 saturated heterocycles. The summed E-state index contributed by atoms with van der Waals surface area (Å²) in [6.07, 6.45) is 1.83. The Kier molecular flexibility index (Phi) is 2.42. The number of hydrogen-bond acceptors (Lipinski definition) is 0. The molecule has 1 fully saturated rings. The third-order valence-electron chi connectivity index (χ3n) is 1.22. The maximum absolute atomic E-state index is 5.77. The van der Waals surface area contributed by atoms with Gasteiger partial charge in [-0.25, -0.2) is 5.32 Å². The van der Waals surface area contributed by atoms with Crippen LogP contribution in [-0.2, 0) is 0 Å². The topological polar surface area (TPSA) is 14.1 Å². The third kappa shape index (κ3) is 1.81. The largest absolute Gasteiger partial charge is 0.222 e. The number of nitrogens with zero attached hydrogens (tertiary/aromatic N) is 1. The van der Waals surface area contributed by atoms with Crippen LogP contribution in [0.3, 0.4) is 0 Å². The maximum Gasteiger partial charge on any atom is 0.0998 e. The zero-order valence-corrected chi connectivity index (χ0v) is 5.99. The Bertz CT molecular complexity index is 68.8. The SMILES string of the molecule is ClC1CC[N]C(Cl)C1. The van der Waals surface area contributed by atoms with Crippen LogP contribution >= 0.6 is 23.2 Å². The van der Waals surface area contributed by atoms with Gasteiger partial charge in [0.05, 0.1) is 5.50 Å². The number of halogens is 2. The predicted molar refractivity (Wildman–Crippen MR) is 35.5 cm³/mol. The van der Waals surface area contributed by atoms with Crippen molar-refractivity contribution in [3.63, 3.8) is 0 Å². The summed E-state index contributed by atoms with van der Waals surface area (Å²) in [4.78, 5) is 0. The lowest BCUT2D eigenvalue weighted by atomic mass is 10.2. The van der Waals surface area contributed by atoms with Gasteiger partial charge in [-0.15, -0.1) is 23.2 Å². The first kappa shape index (κ1) is 6.66. The molecule has 0 bridgehead atoms. The molecule has 0 amide bonds. The van der Waals surface area contributed by atoms with Crippen LogP contribution in [0.4, 0.5) is 0 Å². The second kappa shape index (κ2) is 2.90. The van der Waals surface area contributed by atoms with Crippen molar-refractivity contribution < 1.29 is 0 Å². The number of piperidine rings is 1. The van der Waals surface area contributed by atoms with E-state index >= 15 is 0 Å². The van der Waals surface area contributed by atoms with Gasteiger partial charge in [0.15, 0.2) is 0 Å². The lowest BCUT2D eigenvalue weighted by molar-refractivity contribution is 0.483. The van der Waals surface area contributed by atoms with Crippen molar-refractivity contribution in [1.82, 2.24) is 5.32 Å². The van der Waals surface area contributed by atoms with E-state index in [4.69, 9.17) is 23.2 Å². The van der Waals surface area contributed by atoms with Crippen LogP contribution in [0.5, 0.6) is 0 Å². The summed E-state index contributed by atoms with van der Waals surface area (Å²) in [5, 5.41) is 4.32. The molecule has 1 nitrogen and oxygen atoms in total. The fraction of sp³-hybridized carbons (Fsp3) is 1.00. The molecule has 2 atom stereocenters. The molecule has 0 spiro atoms. The van der Waals surface area contributed by atoms with E-state index in [0.29, 0.717) is 0 Å². The van der Waals surface area contributed by atoms with Crippen LogP contribution in [0.15, 0.2) is 0 Å². The van der Waals surface area contributed by atoms with E-state index in [0.717, 1.165) is 19.4 Å². The Balaban J connectivity index is 2.23. The zero-order valence-electron chi connectivity index (χ0n) is 4.48. The lowest BCUT2D eigenvalue weighted by Gasteiger charge is -2.19. The molecule has 2 unspecified atom stereocenters. The number of rotatable bonds is 0. The van der Waals surface area contributed by atoms with Crippen LogP contribution in [0.25, 0.3) is 0 Å². The van der Waals surface area contributed by atoms with E-state index in [1.807, 2.05) is 0 Å². The van der Waals surface area contributed by atoms with E-state index in [1.54, 1.807) is 0 Å². The summed E-state index contributed by atoms with van der Waals surface area (Å²) in [6, 6.07) is 0. The first-order chi connectivity index (χ1) is 3.79. The Hall–Kier alpha value is 0.540. The molecule has 0 aromatic carbocycles. The van der Waals surface area contributed by atoms with Crippen molar-refractivity contribution in [3.8, 4) is 0 Å². The van der Waals surface area contributed by atoms with Gasteiger partial charge in [-0.1, -0.05) is 0 Å². The summed E-state index contributed by atoms with van der Waals surface area (Å²) in [7, 11) is 0. The summed E-state index contributed by atoms with van der Waals surface area (Å²) >= 11 is 11.4. The minimum absolute atomic E-state index is 0.0220. The van der Waals surface area contributed by atoms with Crippen LogP contribution < -0.4 is 5.32 Å². The second-order valence-corrected chi connectivity index (χ2v) is 3.08. The molecule has 0 saturated carbocycles. The minimum atomic E-state index is -0.0220. The first-order valence-electron chi connectivity index (χ1n) is 2.74. The highest BCUT2D eigenvalue weighted by atomic mass is 35.5. The van der Waals surface area contributed by atoms with Crippen molar-refractivity contribution in [3.05, 3.63) is 0 Å². The molecule has 0 aromatic rings. The number of alkyl halides is 2. The minimum Gasteiger partial charge on any atom is -0.222 e. The highest BCUT2D eigenvalue weighted by molar-refractivity contribution is 6.23. The second-order valence-electron chi connectivity index (χ2n) is 1.96. The quantitative estimate of drug-likeness (QED) is 0.370. The van der Waals surface area contributed by atoms with Crippen LogP contribution in [0.1, 0.15) is 12.8 Å². The summed E-state index contributed by atoms with van der Waals surface area (Å²) in [5.74, 6) is 0. The monoisotopic (exact) mass is 152 g/mol. The molecule has 8 heavy (non-hydrogen) atoms. The third-order valence-corrected chi connectivity index (χ3v) is 1.93. The van der Waals surface area contributed by atoms with E-state index in [2.05, 4.69) is 5.32 Å². The van der Waals surface area contributed by atoms with Crippen molar-refractivity contribution >= 4 is 23.2 Å². The Labute approximate surface area is 59.3 Å². The van der Waals surface area contributed by atoms with E-state index in [-0.39, 0.29) is 10.9 Å². The van der Waals surface area contributed by atoms with Gasteiger partial charge in [0.1, 0.15) is 0 Å². The molecule has 1 heterocycles. The molecule has 1 radical (unpaired) electrons. The van der Waals surface area contributed by atoms with Gasteiger partial charge in [0.25, 0.3) is 0 Å². The smallest absolute Gasteiger partial charge is 0.0998 e. The predicted octanol–water partition coefficient (Wildman–Crippen LogP) is 1.56. The average Bonchev–Trinajstić information content (AvgIpc) is 1.64. The van der Waals surface area contributed by atoms with Crippen LogP contribution in [-0.4, -0.2) is 17.4 Å². The molecule has 0 aromatic heterocycles. The van der Waals surface area contributed by atoms with Crippen molar-refractivity contribution in [2.75, 3.05) is 6.54 Å². The van der Waals surface area contributed by atoms with Crippen LogP contribution in [0, 0.1) is 0 Å². The van der Waals surface area contributed by atoms with Gasteiger partial charge in [0, 0.05) is 11.9 Å². The van der Waals surface area contributed by atoms with Gasteiger partial charge >= 0.3 is 0 Å². The molecule has 0 N–H and O–H groups in total. The highest BCUT2D eigenvalue weighted by Crippen LogP contribution is 2.17. The maximum atomic E-state index is 5.77. The summed E-state index contributed by atoms with van der Waals surface area (Å²) in [5.41, 5.74) is -0.0220. The van der Waals surface area contributed by atoms with E-state index in [1.165, 1.54) is 0 Å². The summed E-state index contributed by atoms with van der Waals surface area (Å²) in [6.45, 7) is 0.836. The molecular formula is C5H8Cl2N. The van der Waals surface area contributed by atoms with Gasteiger partial charge < -0.3 is 0 Å². The lowest BCUT2D eigenvalue weighted by Crippen LogP contribution is -2.28. The molecule has 3 heteroatoms. The Morgan fingerprint density at radius 2 is 2.12 bits per heavy atom. The van der Waals surface area contributed by atoms with Crippen LogP contribution in [0.2, 0.25) is 0 Å². The van der Waals surface area contributed by atoms with E-state index in [9.17, 15) is 0 Å². The fourth-order valence-corrected chi connectivity index (χ4v) is 1.43.